The van der Waals surface area contributed by atoms with Crippen LogP contribution in [0, 0.1) is 6.92 Å². The monoisotopic (exact) mass is 339 g/mol. The molecule has 0 aliphatic carbocycles. The molecule has 3 heterocycles. The van der Waals surface area contributed by atoms with Crippen LogP contribution in [0.5, 0.6) is 0 Å². The summed E-state index contributed by atoms with van der Waals surface area (Å²) in [5.41, 5.74) is 2.35. The number of benzene rings is 1. The first kappa shape index (κ1) is 16.1. The average molecular weight is 339 g/mol. The molecule has 0 bridgehead atoms. The van der Waals surface area contributed by atoms with Crippen LogP contribution in [0.1, 0.15) is 18.7 Å². The predicted molar refractivity (Wildman–Crippen MR) is 101 cm³/mol. The van der Waals surface area contributed by atoms with Crippen LogP contribution in [0.4, 0.5) is 23.0 Å². The molecular formula is C19H25N5O. The summed E-state index contributed by atoms with van der Waals surface area (Å²) in [4.78, 5) is 13.8. The minimum atomic E-state index is 0.754. The van der Waals surface area contributed by atoms with Crippen molar-refractivity contribution in [2.24, 2.45) is 0 Å². The fraction of sp³-hybridized carbons (Fsp3) is 0.474. The van der Waals surface area contributed by atoms with Gasteiger partial charge in [-0.05, 0) is 44.0 Å². The summed E-state index contributed by atoms with van der Waals surface area (Å²) in [5.74, 6) is 2.58. The van der Waals surface area contributed by atoms with E-state index in [9.17, 15) is 0 Å². The van der Waals surface area contributed by atoms with Crippen LogP contribution in [-0.4, -0.2) is 49.4 Å². The lowest BCUT2D eigenvalue weighted by Gasteiger charge is -2.28. The number of hydrogen-bond acceptors (Lipinski definition) is 6. The van der Waals surface area contributed by atoms with E-state index in [1.165, 1.54) is 31.6 Å². The van der Waals surface area contributed by atoms with Gasteiger partial charge < -0.3 is 19.9 Å². The molecule has 2 aliphatic rings. The Balaban J connectivity index is 1.48. The highest BCUT2D eigenvalue weighted by Crippen LogP contribution is 2.25. The van der Waals surface area contributed by atoms with Gasteiger partial charge in [-0.2, -0.15) is 0 Å². The molecule has 25 heavy (non-hydrogen) atoms. The van der Waals surface area contributed by atoms with Crippen LogP contribution in [0.2, 0.25) is 0 Å². The van der Waals surface area contributed by atoms with Crippen molar-refractivity contribution in [3.63, 3.8) is 0 Å². The second-order valence-corrected chi connectivity index (χ2v) is 6.62. The van der Waals surface area contributed by atoms with Gasteiger partial charge in [-0.3, -0.25) is 0 Å². The van der Waals surface area contributed by atoms with Gasteiger partial charge >= 0.3 is 0 Å². The smallest absolute Gasteiger partial charge is 0.136 e. The van der Waals surface area contributed by atoms with Gasteiger partial charge in [-0.1, -0.05) is 0 Å². The van der Waals surface area contributed by atoms with Gasteiger partial charge in [-0.15, -0.1) is 0 Å². The number of nitrogens with one attached hydrogen (secondary N) is 1. The normalized spacial score (nSPS) is 17.8. The van der Waals surface area contributed by atoms with Gasteiger partial charge in [0.25, 0.3) is 0 Å². The van der Waals surface area contributed by atoms with E-state index >= 15 is 0 Å². The van der Waals surface area contributed by atoms with E-state index in [4.69, 9.17) is 4.74 Å². The first-order valence-electron chi connectivity index (χ1n) is 9.08. The molecule has 0 radical (unpaired) electrons. The zero-order valence-electron chi connectivity index (χ0n) is 14.7. The molecule has 2 fully saturated rings. The molecule has 0 spiro atoms. The quantitative estimate of drug-likeness (QED) is 0.924. The molecule has 1 N–H and O–H groups in total. The number of morpholine rings is 1. The van der Waals surface area contributed by atoms with E-state index in [1.54, 1.807) is 0 Å². The fourth-order valence-electron chi connectivity index (χ4n) is 3.45. The number of nitrogens with zero attached hydrogens (tertiary/aromatic N) is 4. The van der Waals surface area contributed by atoms with Gasteiger partial charge in [0, 0.05) is 43.6 Å². The summed E-state index contributed by atoms with van der Waals surface area (Å²) in [6.07, 6.45) is 2.59. The Morgan fingerprint density at radius 3 is 2.36 bits per heavy atom. The molecule has 132 valence electrons. The van der Waals surface area contributed by atoms with E-state index in [2.05, 4.69) is 49.4 Å². The van der Waals surface area contributed by atoms with E-state index < -0.39 is 0 Å². The van der Waals surface area contributed by atoms with Gasteiger partial charge in [-0.25, -0.2) is 9.97 Å². The molecule has 0 unspecified atom stereocenters. The van der Waals surface area contributed by atoms with Gasteiger partial charge in [0.05, 0.1) is 13.2 Å². The standard InChI is InChI=1S/C19H25N5O/c1-15-20-18(14-19(21-15)24-10-12-25-13-11-24)22-16-4-6-17(7-5-16)23-8-2-3-9-23/h4-7,14H,2-3,8-13H2,1H3,(H,20,21,22). The molecule has 0 amide bonds. The molecule has 0 saturated carbocycles. The van der Waals surface area contributed by atoms with E-state index in [0.29, 0.717) is 0 Å². The SMILES string of the molecule is Cc1nc(Nc2ccc(N3CCCC3)cc2)cc(N2CCOCC2)n1. The zero-order valence-corrected chi connectivity index (χ0v) is 14.7. The van der Waals surface area contributed by atoms with Crippen molar-refractivity contribution in [1.82, 2.24) is 9.97 Å². The Bertz CT molecular complexity index is 706. The molecule has 1 aromatic carbocycles. The Morgan fingerprint density at radius 1 is 0.920 bits per heavy atom. The second-order valence-electron chi connectivity index (χ2n) is 6.62. The molecule has 2 aliphatic heterocycles. The maximum atomic E-state index is 5.43. The third-order valence-corrected chi connectivity index (χ3v) is 4.77. The summed E-state index contributed by atoms with van der Waals surface area (Å²) in [6, 6.07) is 10.6. The fourth-order valence-corrected chi connectivity index (χ4v) is 3.45. The van der Waals surface area contributed by atoms with Crippen LogP contribution in [0.25, 0.3) is 0 Å². The lowest BCUT2D eigenvalue weighted by molar-refractivity contribution is 0.122. The second kappa shape index (κ2) is 7.27. The number of aryl methyl sites for hydroxylation is 1. The highest BCUT2D eigenvalue weighted by atomic mass is 16.5. The van der Waals surface area contributed by atoms with E-state index in [0.717, 1.165) is 49.5 Å². The van der Waals surface area contributed by atoms with Gasteiger partial charge in [0.1, 0.15) is 17.5 Å². The molecule has 6 heteroatoms. The third kappa shape index (κ3) is 3.85. The minimum absolute atomic E-state index is 0.754. The molecule has 6 nitrogen and oxygen atoms in total. The first-order valence-corrected chi connectivity index (χ1v) is 9.08. The topological polar surface area (TPSA) is 53.5 Å². The molecule has 0 atom stereocenters. The van der Waals surface area contributed by atoms with Crippen LogP contribution in [0.3, 0.4) is 0 Å². The number of aromatic nitrogens is 2. The van der Waals surface area contributed by atoms with Crippen molar-refractivity contribution in [1.29, 1.82) is 0 Å². The highest BCUT2D eigenvalue weighted by molar-refractivity contribution is 5.63. The zero-order chi connectivity index (χ0) is 17.1. The van der Waals surface area contributed by atoms with Crippen molar-refractivity contribution < 1.29 is 4.74 Å². The highest BCUT2D eigenvalue weighted by Gasteiger charge is 2.15. The summed E-state index contributed by atoms with van der Waals surface area (Å²) in [7, 11) is 0. The van der Waals surface area contributed by atoms with Crippen molar-refractivity contribution in [3.8, 4) is 0 Å². The summed E-state index contributed by atoms with van der Waals surface area (Å²) < 4.78 is 5.43. The Labute approximate surface area is 148 Å². The summed E-state index contributed by atoms with van der Waals surface area (Å²) in [5, 5.41) is 3.41. The van der Waals surface area contributed by atoms with Crippen molar-refractivity contribution in [3.05, 3.63) is 36.2 Å². The van der Waals surface area contributed by atoms with Gasteiger partial charge in [0.2, 0.25) is 0 Å². The average Bonchev–Trinajstić information content (AvgIpc) is 3.17. The minimum Gasteiger partial charge on any atom is -0.378 e. The predicted octanol–water partition coefficient (Wildman–Crippen LogP) is 2.97. The Hall–Kier alpha value is -2.34. The van der Waals surface area contributed by atoms with Crippen molar-refractivity contribution >= 4 is 23.0 Å². The molecule has 2 aromatic rings. The molecule has 1 aromatic heterocycles. The third-order valence-electron chi connectivity index (χ3n) is 4.77. The lowest BCUT2D eigenvalue weighted by atomic mass is 10.2. The van der Waals surface area contributed by atoms with Crippen molar-refractivity contribution in [2.75, 3.05) is 54.5 Å². The lowest BCUT2D eigenvalue weighted by Crippen LogP contribution is -2.36. The number of ether oxygens (including phenoxy) is 1. The van der Waals surface area contributed by atoms with Crippen molar-refractivity contribution in [2.45, 2.75) is 19.8 Å². The maximum absolute atomic E-state index is 5.43. The number of rotatable bonds is 4. The number of hydrogen-bond donors (Lipinski definition) is 1. The van der Waals surface area contributed by atoms with Crippen LogP contribution >= 0.6 is 0 Å². The van der Waals surface area contributed by atoms with Crippen LogP contribution in [0.15, 0.2) is 30.3 Å². The van der Waals surface area contributed by atoms with Gasteiger partial charge in [0.15, 0.2) is 0 Å². The number of anilines is 4. The summed E-state index contributed by atoms with van der Waals surface area (Å²) in [6.45, 7) is 7.53. The summed E-state index contributed by atoms with van der Waals surface area (Å²) >= 11 is 0. The molecule has 2 saturated heterocycles. The Kier molecular flexibility index (Phi) is 4.70. The van der Waals surface area contributed by atoms with E-state index in [-0.39, 0.29) is 0 Å². The van der Waals surface area contributed by atoms with E-state index in [1.807, 2.05) is 13.0 Å². The molecule has 4 rings (SSSR count). The Morgan fingerprint density at radius 2 is 1.64 bits per heavy atom. The largest absolute Gasteiger partial charge is 0.378 e. The first-order chi connectivity index (χ1) is 12.3. The van der Waals surface area contributed by atoms with Crippen LogP contribution < -0.4 is 15.1 Å². The van der Waals surface area contributed by atoms with Crippen LogP contribution in [-0.2, 0) is 4.74 Å². The maximum Gasteiger partial charge on any atom is 0.136 e. The molecular weight excluding hydrogens is 314 g/mol.